The third kappa shape index (κ3) is 5.55. The summed E-state index contributed by atoms with van der Waals surface area (Å²) < 4.78 is 26.9. The lowest BCUT2D eigenvalue weighted by Crippen LogP contribution is -2.26. The molecule has 0 aliphatic heterocycles. The van der Waals surface area contributed by atoms with Gasteiger partial charge in [-0.2, -0.15) is 0 Å². The molecule has 1 aromatic heterocycles. The van der Waals surface area contributed by atoms with Crippen LogP contribution in [0.3, 0.4) is 0 Å². The molecule has 3 aromatic rings. The van der Waals surface area contributed by atoms with E-state index >= 15 is 0 Å². The van der Waals surface area contributed by atoms with E-state index in [0.717, 1.165) is 23.9 Å². The van der Waals surface area contributed by atoms with Crippen molar-refractivity contribution in [1.29, 1.82) is 0 Å². The first-order valence-electron chi connectivity index (χ1n) is 9.55. The minimum atomic E-state index is -0.895. The SMILES string of the molecule is CC[C@H](Sc1nnc(-c2ccccc2NC(C)=O)c(=O)[nH]1)C(=O)Nc1ccc(F)cc1F. The van der Waals surface area contributed by atoms with Gasteiger partial charge in [-0.25, -0.2) is 8.78 Å². The molecule has 32 heavy (non-hydrogen) atoms. The summed E-state index contributed by atoms with van der Waals surface area (Å²) in [4.78, 5) is 39.1. The highest BCUT2D eigenvalue weighted by Gasteiger charge is 2.22. The van der Waals surface area contributed by atoms with Crippen LogP contribution < -0.4 is 16.2 Å². The summed E-state index contributed by atoms with van der Waals surface area (Å²) in [6.07, 6.45) is 0.343. The molecule has 166 valence electrons. The van der Waals surface area contributed by atoms with Gasteiger partial charge in [0.1, 0.15) is 11.6 Å². The Labute approximate surface area is 185 Å². The summed E-state index contributed by atoms with van der Waals surface area (Å²) in [6.45, 7) is 3.09. The molecular weight excluding hydrogens is 440 g/mol. The molecule has 0 aliphatic rings. The number of rotatable bonds is 7. The van der Waals surface area contributed by atoms with Crippen LogP contribution in [-0.4, -0.2) is 32.2 Å². The number of anilines is 2. The predicted molar refractivity (Wildman–Crippen MR) is 117 cm³/mol. The van der Waals surface area contributed by atoms with Gasteiger partial charge in [0, 0.05) is 18.6 Å². The third-order valence-electron chi connectivity index (χ3n) is 4.28. The highest BCUT2D eigenvalue weighted by Crippen LogP contribution is 2.26. The maximum absolute atomic E-state index is 13.8. The van der Waals surface area contributed by atoms with Gasteiger partial charge in [0.05, 0.1) is 16.6 Å². The molecule has 3 rings (SSSR count). The van der Waals surface area contributed by atoms with Crippen LogP contribution in [0, 0.1) is 11.6 Å². The summed E-state index contributed by atoms with van der Waals surface area (Å²) in [5.74, 6) is -2.49. The molecule has 0 radical (unpaired) electrons. The van der Waals surface area contributed by atoms with E-state index in [2.05, 4.69) is 25.8 Å². The smallest absolute Gasteiger partial charge is 0.278 e. The number of carbonyl (C=O) groups is 2. The highest BCUT2D eigenvalue weighted by atomic mass is 32.2. The van der Waals surface area contributed by atoms with E-state index in [-0.39, 0.29) is 22.4 Å². The number of aromatic nitrogens is 3. The number of aromatic amines is 1. The Bertz CT molecular complexity index is 1220. The van der Waals surface area contributed by atoms with E-state index in [1.807, 2.05) is 0 Å². The number of para-hydroxylation sites is 1. The second-order valence-corrected chi connectivity index (χ2v) is 7.85. The minimum Gasteiger partial charge on any atom is -0.326 e. The van der Waals surface area contributed by atoms with E-state index in [1.54, 1.807) is 31.2 Å². The number of carbonyl (C=O) groups excluding carboxylic acids is 2. The molecule has 3 N–H and O–H groups in total. The van der Waals surface area contributed by atoms with Crippen molar-refractivity contribution in [1.82, 2.24) is 15.2 Å². The Kier molecular flexibility index (Phi) is 7.31. The van der Waals surface area contributed by atoms with Gasteiger partial charge in [-0.15, -0.1) is 10.2 Å². The topological polar surface area (TPSA) is 117 Å². The van der Waals surface area contributed by atoms with Gasteiger partial charge in [0.15, 0.2) is 10.9 Å². The second-order valence-electron chi connectivity index (χ2n) is 6.66. The summed E-state index contributed by atoms with van der Waals surface area (Å²) in [6, 6.07) is 9.48. The number of nitrogens with zero attached hydrogens (tertiary/aromatic N) is 2. The van der Waals surface area contributed by atoms with Gasteiger partial charge in [-0.05, 0) is 24.6 Å². The second kappa shape index (κ2) is 10.1. The molecule has 0 saturated carbocycles. The van der Waals surface area contributed by atoms with Gasteiger partial charge < -0.3 is 10.6 Å². The Morgan fingerprint density at radius 3 is 2.50 bits per heavy atom. The van der Waals surface area contributed by atoms with Crippen LogP contribution in [0.25, 0.3) is 11.3 Å². The monoisotopic (exact) mass is 459 g/mol. The number of thioether (sulfide) groups is 1. The molecule has 2 amide bonds. The van der Waals surface area contributed by atoms with Crippen LogP contribution in [-0.2, 0) is 9.59 Å². The third-order valence-corrected chi connectivity index (χ3v) is 5.51. The molecule has 1 heterocycles. The lowest BCUT2D eigenvalue weighted by atomic mass is 10.1. The van der Waals surface area contributed by atoms with Crippen LogP contribution in [0.4, 0.5) is 20.2 Å². The van der Waals surface area contributed by atoms with E-state index in [0.29, 0.717) is 23.7 Å². The van der Waals surface area contributed by atoms with E-state index in [9.17, 15) is 23.2 Å². The molecule has 8 nitrogen and oxygen atoms in total. The fourth-order valence-electron chi connectivity index (χ4n) is 2.80. The predicted octanol–water partition coefficient (Wildman–Crippen LogP) is 3.58. The highest BCUT2D eigenvalue weighted by molar-refractivity contribution is 8.00. The molecule has 11 heteroatoms. The number of halogens is 2. The maximum Gasteiger partial charge on any atom is 0.278 e. The number of H-pyrrole nitrogens is 1. The van der Waals surface area contributed by atoms with Gasteiger partial charge in [-0.1, -0.05) is 36.9 Å². The lowest BCUT2D eigenvalue weighted by Gasteiger charge is -2.14. The summed E-state index contributed by atoms with van der Waals surface area (Å²) in [5, 5.41) is 12.4. The minimum absolute atomic E-state index is 0.00424. The largest absolute Gasteiger partial charge is 0.326 e. The van der Waals surface area contributed by atoms with Crippen LogP contribution in [0.15, 0.2) is 52.4 Å². The van der Waals surface area contributed by atoms with Crippen molar-refractivity contribution in [2.24, 2.45) is 0 Å². The molecule has 0 saturated heterocycles. The van der Waals surface area contributed by atoms with Gasteiger partial charge >= 0.3 is 0 Å². The van der Waals surface area contributed by atoms with Gasteiger partial charge in [-0.3, -0.25) is 19.4 Å². The number of amides is 2. The number of nitrogens with one attached hydrogen (secondary N) is 3. The van der Waals surface area contributed by atoms with Crippen molar-refractivity contribution in [3.8, 4) is 11.3 Å². The number of hydrogen-bond donors (Lipinski definition) is 3. The fourth-order valence-corrected chi connectivity index (χ4v) is 3.64. The lowest BCUT2D eigenvalue weighted by molar-refractivity contribution is -0.116. The average Bonchev–Trinajstić information content (AvgIpc) is 2.74. The Morgan fingerprint density at radius 2 is 1.84 bits per heavy atom. The zero-order chi connectivity index (χ0) is 23.3. The first-order chi connectivity index (χ1) is 15.3. The molecule has 2 aromatic carbocycles. The summed E-state index contributed by atoms with van der Waals surface area (Å²) in [7, 11) is 0. The van der Waals surface area contributed by atoms with Gasteiger partial charge in [0.25, 0.3) is 5.56 Å². The fraction of sp³-hybridized carbons (Fsp3) is 0.190. The van der Waals surface area contributed by atoms with E-state index in [1.165, 1.54) is 6.92 Å². The molecular formula is C21H19F2N5O3S. The van der Waals surface area contributed by atoms with Crippen molar-refractivity contribution in [3.63, 3.8) is 0 Å². The first kappa shape index (κ1) is 23.1. The Hall–Kier alpha value is -3.60. The van der Waals surface area contributed by atoms with Crippen molar-refractivity contribution in [3.05, 3.63) is 64.5 Å². The molecule has 0 unspecified atom stereocenters. The van der Waals surface area contributed by atoms with Gasteiger partial charge in [0.2, 0.25) is 11.8 Å². The van der Waals surface area contributed by atoms with Crippen molar-refractivity contribution in [2.45, 2.75) is 30.7 Å². The van der Waals surface area contributed by atoms with Crippen molar-refractivity contribution < 1.29 is 18.4 Å². The average molecular weight is 459 g/mol. The first-order valence-corrected chi connectivity index (χ1v) is 10.4. The Balaban J connectivity index is 1.79. The quantitative estimate of drug-likeness (QED) is 0.465. The molecule has 0 bridgehead atoms. The molecule has 0 fully saturated rings. The molecule has 0 spiro atoms. The zero-order valence-electron chi connectivity index (χ0n) is 17.1. The van der Waals surface area contributed by atoms with E-state index in [4.69, 9.17) is 0 Å². The standard InChI is InChI=1S/C21H19F2N5O3S/c1-3-17(19(30)25-16-9-8-12(22)10-14(16)23)32-21-26-20(31)18(27-28-21)13-6-4-5-7-15(13)24-11(2)29/h4-10,17H,3H2,1-2H3,(H,24,29)(H,25,30)(H,26,28,31)/t17-/m0/s1. The summed E-state index contributed by atoms with van der Waals surface area (Å²) >= 11 is 0.951. The number of benzene rings is 2. The van der Waals surface area contributed by atoms with Crippen LogP contribution in [0.5, 0.6) is 0 Å². The molecule has 1 atom stereocenters. The van der Waals surface area contributed by atoms with Crippen LogP contribution >= 0.6 is 11.8 Å². The van der Waals surface area contributed by atoms with Crippen LogP contribution in [0.2, 0.25) is 0 Å². The zero-order valence-corrected chi connectivity index (χ0v) is 17.9. The maximum atomic E-state index is 13.8. The molecule has 0 aliphatic carbocycles. The van der Waals surface area contributed by atoms with Crippen LogP contribution in [0.1, 0.15) is 20.3 Å². The summed E-state index contributed by atoms with van der Waals surface area (Å²) in [5.41, 5.74) is 0.0987. The van der Waals surface area contributed by atoms with Crippen molar-refractivity contribution >= 4 is 35.0 Å². The number of hydrogen-bond acceptors (Lipinski definition) is 6. The van der Waals surface area contributed by atoms with Crippen molar-refractivity contribution in [2.75, 3.05) is 10.6 Å². The Morgan fingerprint density at radius 1 is 1.09 bits per heavy atom. The van der Waals surface area contributed by atoms with E-state index < -0.39 is 28.4 Å². The normalized spacial score (nSPS) is 11.6.